The summed E-state index contributed by atoms with van der Waals surface area (Å²) in [6.45, 7) is 5.21. The minimum atomic E-state index is 0.122. The molecule has 4 nitrogen and oxygen atoms in total. The van der Waals surface area contributed by atoms with Crippen molar-refractivity contribution in [3.05, 3.63) is 23.8 Å². The maximum atomic E-state index is 9.54. The van der Waals surface area contributed by atoms with E-state index in [0.717, 1.165) is 29.9 Å². The number of aliphatic hydroxyl groups excluding tert-OH is 1. The first kappa shape index (κ1) is 15.1. The molecule has 0 amide bonds. The molecule has 2 rings (SSSR count). The number of rotatable bonds is 6. The first-order chi connectivity index (χ1) is 9.63. The van der Waals surface area contributed by atoms with Gasteiger partial charge < -0.3 is 19.9 Å². The van der Waals surface area contributed by atoms with Crippen molar-refractivity contribution in [2.24, 2.45) is 5.92 Å². The van der Waals surface area contributed by atoms with Crippen molar-refractivity contribution < 1.29 is 14.6 Å². The minimum absolute atomic E-state index is 0.122. The Labute approximate surface area is 121 Å². The molecule has 4 heteroatoms. The average Bonchev–Trinajstić information content (AvgIpc) is 2.45. The lowest BCUT2D eigenvalue weighted by molar-refractivity contribution is 0.190. The van der Waals surface area contributed by atoms with Gasteiger partial charge in [-0.25, -0.2) is 0 Å². The lowest BCUT2D eigenvalue weighted by Gasteiger charge is -2.31. The molecule has 2 N–H and O–H groups in total. The van der Waals surface area contributed by atoms with Gasteiger partial charge in [0.2, 0.25) is 0 Å². The van der Waals surface area contributed by atoms with Crippen LogP contribution in [-0.2, 0) is 0 Å². The third-order valence-corrected chi connectivity index (χ3v) is 3.67. The van der Waals surface area contributed by atoms with E-state index in [0.29, 0.717) is 12.5 Å². The van der Waals surface area contributed by atoms with E-state index in [2.05, 4.69) is 19.2 Å². The normalized spacial score (nSPS) is 19.4. The summed E-state index contributed by atoms with van der Waals surface area (Å²) < 4.78 is 11.0. The van der Waals surface area contributed by atoms with E-state index in [1.54, 1.807) is 7.11 Å². The van der Waals surface area contributed by atoms with E-state index in [1.807, 2.05) is 18.2 Å². The summed E-state index contributed by atoms with van der Waals surface area (Å²) >= 11 is 0. The molecule has 112 valence electrons. The van der Waals surface area contributed by atoms with Crippen LogP contribution < -0.4 is 14.8 Å². The summed E-state index contributed by atoms with van der Waals surface area (Å²) in [6, 6.07) is 6.23. The van der Waals surface area contributed by atoms with E-state index < -0.39 is 0 Å². The van der Waals surface area contributed by atoms with Gasteiger partial charge in [0.1, 0.15) is 11.5 Å². The van der Waals surface area contributed by atoms with Gasteiger partial charge in [0, 0.05) is 24.1 Å². The van der Waals surface area contributed by atoms with Gasteiger partial charge in [0.15, 0.2) is 0 Å². The molecule has 0 saturated heterocycles. The van der Waals surface area contributed by atoms with Gasteiger partial charge >= 0.3 is 0 Å². The van der Waals surface area contributed by atoms with Crippen LogP contribution in [0.2, 0.25) is 0 Å². The van der Waals surface area contributed by atoms with Crippen molar-refractivity contribution in [2.75, 3.05) is 20.3 Å². The van der Waals surface area contributed by atoms with Gasteiger partial charge in [0.25, 0.3) is 0 Å². The number of hydrogen-bond acceptors (Lipinski definition) is 4. The third-order valence-electron chi connectivity index (χ3n) is 3.67. The predicted octanol–water partition coefficient (Wildman–Crippen LogP) is 2.52. The molecule has 0 spiro atoms. The number of fused-ring (bicyclic) bond motifs is 1. The van der Waals surface area contributed by atoms with E-state index >= 15 is 0 Å². The molecule has 0 aliphatic carbocycles. The van der Waals surface area contributed by atoms with E-state index in [1.165, 1.54) is 0 Å². The highest BCUT2D eigenvalue weighted by atomic mass is 16.5. The third kappa shape index (κ3) is 3.64. The second-order valence-electron chi connectivity index (χ2n) is 5.77. The Hall–Kier alpha value is -1.26. The SMILES string of the molecule is COc1ccc2c(c1)C(NC(CO)CC(C)C)CCO2. The van der Waals surface area contributed by atoms with Crippen LogP contribution >= 0.6 is 0 Å². The maximum Gasteiger partial charge on any atom is 0.124 e. The van der Waals surface area contributed by atoms with Crippen molar-refractivity contribution in [3.8, 4) is 11.5 Å². The van der Waals surface area contributed by atoms with Crippen molar-refractivity contribution in [1.29, 1.82) is 0 Å². The van der Waals surface area contributed by atoms with E-state index in [4.69, 9.17) is 9.47 Å². The monoisotopic (exact) mass is 279 g/mol. The van der Waals surface area contributed by atoms with Crippen molar-refractivity contribution >= 4 is 0 Å². The largest absolute Gasteiger partial charge is 0.497 e. The van der Waals surface area contributed by atoms with Gasteiger partial charge in [0.05, 0.1) is 20.3 Å². The highest BCUT2D eigenvalue weighted by Gasteiger charge is 2.24. The Morgan fingerprint density at radius 3 is 2.90 bits per heavy atom. The summed E-state index contributed by atoms with van der Waals surface area (Å²) in [5.74, 6) is 2.31. The summed E-state index contributed by atoms with van der Waals surface area (Å²) in [5.41, 5.74) is 1.12. The van der Waals surface area contributed by atoms with Gasteiger partial charge in [-0.15, -0.1) is 0 Å². The highest BCUT2D eigenvalue weighted by Crippen LogP contribution is 2.35. The first-order valence-corrected chi connectivity index (χ1v) is 7.31. The van der Waals surface area contributed by atoms with Crippen LogP contribution in [0.3, 0.4) is 0 Å². The molecule has 0 saturated carbocycles. The summed E-state index contributed by atoms with van der Waals surface area (Å²) in [7, 11) is 1.67. The Bertz CT molecular complexity index is 434. The molecular formula is C16H25NO3. The fourth-order valence-corrected chi connectivity index (χ4v) is 2.72. The van der Waals surface area contributed by atoms with Gasteiger partial charge in [-0.2, -0.15) is 0 Å². The second-order valence-corrected chi connectivity index (χ2v) is 5.77. The van der Waals surface area contributed by atoms with Crippen LogP contribution in [-0.4, -0.2) is 31.5 Å². The van der Waals surface area contributed by atoms with Crippen LogP contribution in [0.4, 0.5) is 0 Å². The van der Waals surface area contributed by atoms with Crippen LogP contribution in [0.1, 0.15) is 38.3 Å². The van der Waals surface area contributed by atoms with Crippen molar-refractivity contribution in [3.63, 3.8) is 0 Å². The Balaban J connectivity index is 2.14. The number of methoxy groups -OCH3 is 1. The molecule has 1 aliphatic heterocycles. The van der Waals surface area contributed by atoms with Crippen LogP contribution in [0, 0.1) is 5.92 Å². The molecule has 1 aromatic carbocycles. The molecule has 1 aliphatic rings. The molecule has 2 unspecified atom stereocenters. The summed E-state index contributed by atoms with van der Waals surface area (Å²) in [5, 5.41) is 13.1. The van der Waals surface area contributed by atoms with Gasteiger partial charge in [-0.3, -0.25) is 0 Å². The molecule has 1 heterocycles. The minimum Gasteiger partial charge on any atom is -0.497 e. The van der Waals surface area contributed by atoms with Crippen LogP contribution in [0.15, 0.2) is 18.2 Å². The number of nitrogens with one attached hydrogen (secondary N) is 1. The zero-order valence-electron chi connectivity index (χ0n) is 12.6. The second kappa shape index (κ2) is 6.95. The first-order valence-electron chi connectivity index (χ1n) is 7.31. The van der Waals surface area contributed by atoms with E-state index in [-0.39, 0.29) is 18.7 Å². The van der Waals surface area contributed by atoms with Gasteiger partial charge in [-0.1, -0.05) is 13.8 Å². The smallest absolute Gasteiger partial charge is 0.124 e. The van der Waals surface area contributed by atoms with E-state index in [9.17, 15) is 5.11 Å². The zero-order valence-corrected chi connectivity index (χ0v) is 12.6. The standard InChI is InChI=1S/C16H25NO3/c1-11(2)8-12(10-18)17-15-6-7-20-16-5-4-13(19-3)9-14(15)16/h4-5,9,11-12,15,17-18H,6-8,10H2,1-3H3. The average molecular weight is 279 g/mol. The van der Waals surface area contributed by atoms with Crippen molar-refractivity contribution in [2.45, 2.75) is 38.8 Å². The fourth-order valence-electron chi connectivity index (χ4n) is 2.72. The Kier molecular flexibility index (Phi) is 5.26. The maximum absolute atomic E-state index is 9.54. The molecular weight excluding hydrogens is 254 g/mol. The Morgan fingerprint density at radius 1 is 1.45 bits per heavy atom. The lowest BCUT2D eigenvalue weighted by atomic mass is 9.97. The van der Waals surface area contributed by atoms with Crippen LogP contribution in [0.25, 0.3) is 0 Å². The lowest BCUT2D eigenvalue weighted by Crippen LogP contribution is -2.38. The molecule has 2 atom stereocenters. The molecule has 0 aromatic heterocycles. The number of aliphatic hydroxyl groups is 1. The van der Waals surface area contributed by atoms with Crippen LogP contribution in [0.5, 0.6) is 11.5 Å². The molecule has 1 aromatic rings. The molecule has 0 fully saturated rings. The quantitative estimate of drug-likeness (QED) is 0.840. The zero-order chi connectivity index (χ0) is 14.5. The number of hydrogen-bond donors (Lipinski definition) is 2. The topological polar surface area (TPSA) is 50.7 Å². The summed E-state index contributed by atoms with van der Waals surface area (Å²) in [6.07, 6.45) is 1.88. The van der Waals surface area contributed by atoms with Crippen molar-refractivity contribution in [1.82, 2.24) is 5.32 Å². The molecule has 20 heavy (non-hydrogen) atoms. The number of ether oxygens (including phenoxy) is 2. The fraction of sp³-hybridized carbons (Fsp3) is 0.625. The predicted molar refractivity (Wildman–Crippen MR) is 79.3 cm³/mol. The highest BCUT2D eigenvalue weighted by molar-refractivity contribution is 5.43. The molecule has 0 bridgehead atoms. The summed E-state index contributed by atoms with van der Waals surface area (Å²) in [4.78, 5) is 0. The Morgan fingerprint density at radius 2 is 2.25 bits per heavy atom. The number of benzene rings is 1. The molecule has 0 radical (unpaired) electrons. The van der Waals surface area contributed by atoms with Gasteiger partial charge in [-0.05, 0) is 30.5 Å².